The number of aromatic nitrogens is 1. The van der Waals surface area contributed by atoms with E-state index in [0.29, 0.717) is 6.54 Å². The predicted molar refractivity (Wildman–Crippen MR) is 71.9 cm³/mol. The smallest absolute Gasteiger partial charge is 0.270 e. The molecule has 0 aliphatic heterocycles. The fraction of sp³-hybridized carbons (Fsp3) is 0.333. The number of hydrogen-bond donors (Lipinski definition) is 1. The zero-order valence-corrected chi connectivity index (χ0v) is 10.2. The second-order valence-electron chi connectivity index (χ2n) is 4.21. The number of benzene rings is 1. The third kappa shape index (κ3) is 3.02. The van der Waals surface area contributed by atoms with Gasteiger partial charge in [0, 0.05) is 40.7 Å². The van der Waals surface area contributed by atoms with Crippen molar-refractivity contribution in [2.45, 2.75) is 19.3 Å². The first-order valence-corrected chi connectivity index (χ1v) is 5.97. The Labute approximate surface area is 109 Å². The lowest BCUT2D eigenvalue weighted by molar-refractivity contribution is -0.384. The van der Waals surface area contributed by atoms with Gasteiger partial charge in [-0.25, -0.2) is 0 Å². The third-order valence-corrected chi connectivity index (χ3v) is 2.98. The minimum absolute atomic E-state index is 0.0995. The van der Waals surface area contributed by atoms with E-state index in [0.717, 1.165) is 35.7 Å². The summed E-state index contributed by atoms with van der Waals surface area (Å²) in [4.78, 5) is 16.2. The number of fused-ring (bicyclic) bond motifs is 1. The maximum atomic E-state index is 10.8. The molecular weight excluding hydrogens is 246 g/mol. The Morgan fingerprint density at radius 2 is 2.26 bits per heavy atom. The summed E-state index contributed by atoms with van der Waals surface area (Å²) in [5.74, 6) is 0. The van der Waals surface area contributed by atoms with Crippen LogP contribution in [0.4, 0.5) is 5.69 Å². The monoisotopic (exact) mass is 259 g/mol. The van der Waals surface area contributed by atoms with Gasteiger partial charge in [-0.15, -0.1) is 0 Å². The van der Waals surface area contributed by atoms with Crippen molar-refractivity contribution < 1.29 is 4.92 Å². The number of azide groups is 1. The summed E-state index contributed by atoms with van der Waals surface area (Å²) in [6.45, 7) is 0.485. The van der Waals surface area contributed by atoms with Crippen LogP contribution in [0, 0.1) is 10.1 Å². The van der Waals surface area contributed by atoms with E-state index in [1.807, 2.05) is 6.20 Å². The maximum absolute atomic E-state index is 10.8. The second-order valence-corrected chi connectivity index (χ2v) is 4.21. The molecule has 0 radical (unpaired) electrons. The lowest BCUT2D eigenvalue weighted by Crippen LogP contribution is -1.89. The number of nitrogens with one attached hydrogen (secondary N) is 1. The normalized spacial score (nSPS) is 10.3. The Balaban J connectivity index is 2.12. The van der Waals surface area contributed by atoms with Crippen LogP contribution in [0.1, 0.15) is 18.4 Å². The van der Waals surface area contributed by atoms with E-state index >= 15 is 0 Å². The average molecular weight is 259 g/mol. The number of aromatic amines is 1. The molecule has 1 heterocycles. The SMILES string of the molecule is [N-]=[N+]=NCCCCc1c[nH]c2ccc([N+](=O)[O-])cc12. The van der Waals surface area contributed by atoms with E-state index < -0.39 is 4.92 Å². The lowest BCUT2D eigenvalue weighted by Gasteiger charge is -1.98. The van der Waals surface area contributed by atoms with Gasteiger partial charge in [-0.1, -0.05) is 5.11 Å². The molecule has 0 saturated carbocycles. The van der Waals surface area contributed by atoms with Crippen LogP contribution >= 0.6 is 0 Å². The Morgan fingerprint density at radius 3 is 3.00 bits per heavy atom. The molecule has 98 valence electrons. The molecule has 2 rings (SSSR count). The van der Waals surface area contributed by atoms with Crippen LogP contribution < -0.4 is 0 Å². The molecule has 0 atom stereocenters. The molecular formula is C12H13N5O2. The van der Waals surface area contributed by atoms with Crippen LogP contribution in [-0.2, 0) is 6.42 Å². The number of rotatable bonds is 6. The van der Waals surface area contributed by atoms with Crippen LogP contribution in [0.3, 0.4) is 0 Å². The fourth-order valence-corrected chi connectivity index (χ4v) is 2.03. The number of hydrogen-bond acceptors (Lipinski definition) is 3. The third-order valence-electron chi connectivity index (χ3n) is 2.98. The van der Waals surface area contributed by atoms with Gasteiger partial charge in [0.1, 0.15) is 0 Å². The molecule has 0 saturated heterocycles. The van der Waals surface area contributed by atoms with E-state index in [2.05, 4.69) is 15.0 Å². The Bertz CT molecular complexity index is 643. The molecule has 0 aliphatic rings. The van der Waals surface area contributed by atoms with Gasteiger partial charge < -0.3 is 4.98 Å². The number of nitrogens with zero attached hydrogens (tertiary/aromatic N) is 4. The van der Waals surface area contributed by atoms with E-state index in [-0.39, 0.29) is 5.69 Å². The molecule has 0 unspecified atom stereocenters. The molecule has 0 amide bonds. The molecule has 1 N–H and O–H groups in total. The standard InChI is InChI=1S/C12H13N5O2/c13-16-15-6-2-1-3-9-8-14-12-5-4-10(17(18)19)7-11(9)12/h4-5,7-8,14H,1-3,6H2. The number of nitro benzene ring substituents is 1. The number of aryl methyl sites for hydroxylation is 1. The molecule has 0 aliphatic carbocycles. The molecule has 7 heteroatoms. The molecule has 0 fully saturated rings. The summed E-state index contributed by atoms with van der Waals surface area (Å²) >= 11 is 0. The Kier molecular flexibility index (Phi) is 4.00. The van der Waals surface area contributed by atoms with E-state index in [4.69, 9.17) is 5.53 Å². The first-order valence-electron chi connectivity index (χ1n) is 5.97. The second kappa shape index (κ2) is 5.88. The quantitative estimate of drug-likeness (QED) is 0.213. The van der Waals surface area contributed by atoms with Crippen LogP contribution in [0.25, 0.3) is 21.3 Å². The molecule has 1 aromatic carbocycles. The van der Waals surface area contributed by atoms with Crippen LogP contribution in [0.5, 0.6) is 0 Å². The van der Waals surface area contributed by atoms with Crippen molar-refractivity contribution in [2.24, 2.45) is 5.11 Å². The van der Waals surface area contributed by atoms with E-state index in [1.54, 1.807) is 12.1 Å². The lowest BCUT2D eigenvalue weighted by atomic mass is 10.1. The van der Waals surface area contributed by atoms with Crippen molar-refractivity contribution in [3.05, 3.63) is 50.5 Å². The zero-order chi connectivity index (χ0) is 13.7. The van der Waals surface area contributed by atoms with Gasteiger partial charge in [0.15, 0.2) is 0 Å². The van der Waals surface area contributed by atoms with Crippen molar-refractivity contribution in [2.75, 3.05) is 6.54 Å². The molecule has 0 spiro atoms. The number of non-ortho nitro benzene ring substituents is 1. The number of unbranched alkanes of at least 4 members (excludes halogenated alkanes) is 1. The Hall–Kier alpha value is -2.53. The average Bonchev–Trinajstić information content (AvgIpc) is 2.81. The first-order chi connectivity index (χ1) is 9.22. The van der Waals surface area contributed by atoms with Gasteiger partial charge in [-0.3, -0.25) is 10.1 Å². The van der Waals surface area contributed by atoms with Crippen molar-refractivity contribution in [3.63, 3.8) is 0 Å². The molecule has 19 heavy (non-hydrogen) atoms. The highest BCUT2D eigenvalue weighted by molar-refractivity contribution is 5.85. The first kappa shape index (κ1) is 12.9. The van der Waals surface area contributed by atoms with Crippen LogP contribution in [0.2, 0.25) is 0 Å². The van der Waals surface area contributed by atoms with Gasteiger partial charge >= 0.3 is 0 Å². The van der Waals surface area contributed by atoms with Crippen molar-refractivity contribution in [1.82, 2.24) is 4.98 Å². The summed E-state index contributed by atoms with van der Waals surface area (Å²) in [7, 11) is 0. The number of H-pyrrole nitrogens is 1. The highest BCUT2D eigenvalue weighted by Crippen LogP contribution is 2.24. The van der Waals surface area contributed by atoms with E-state index in [9.17, 15) is 10.1 Å². The fourth-order valence-electron chi connectivity index (χ4n) is 2.03. The van der Waals surface area contributed by atoms with Gasteiger partial charge in [-0.2, -0.15) is 0 Å². The van der Waals surface area contributed by atoms with Crippen molar-refractivity contribution in [1.29, 1.82) is 0 Å². The van der Waals surface area contributed by atoms with Gasteiger partial charge in [-0.05, 0) is 36.4 Å². The van der Waals surface area contributed by atoms with Crippen LogP contribution in [0.15, 0.2) is 29.5 Å². The summed E-state index contributed by atoms with van der Waals surface area (Å²) in [5.41, 5.74) is 10.2. The van der Waals surface area contributed by atoms with Gasteiger partial charge in [0.2, 0.25) is 0 Å². The summed E-state index contributed by atoms with van der Waals surface area (Å²) in [6, 6.07) is 4.80. The van der Waals surface area contributed by atoms with Gasteiger partial charge in [0.05, 0.1) is 4.92 Å². The van der Waals surface area contributed by atoms with Crippen molar-refractivity contribution in [3.8, 4) is 0 Å². The van der Waals surface area contributed by atoms with Crippen molar-refractivity contribution >= 4 is 16.6 Å². The zero-order valence-electron chi connectivity index (χ0n) is 10.2. The molecule has 2 aromatic rings. The molecule has 0 bridgehead atoms. The molecule has 1 aromatic heterocycles. The summed E-state index contributed by atoms with van der Waals surface area (Å²) in [5, 5.41) is 15.1. The Morgan fingerprint density at radius 1 is 1.42 bits per heavy atom. The highest BCUT2D eigenvalue weighted by atomic mass is 16.6. The molecule has 7 nitrogen and oxygen atoms in total. The minimum atomic E-state index is -0.391. The predicted octanol–water partition coefficient (Wildman–Crippen LogP) is 3.71. The van der Waals surface area contributed by atoms with Crippen LogP contribution in [-0.4, -0.2) is 16.5 Å². The summed E-state index contributed by atoms with van der Waals surface area (Å²) < 4.78 is 0. The number of nitro groups is 1. The van der Waals surface area contributed by atoms with E-state index in [1.165, 1.54) is 6.07 Å². The topological polar surface area (TPSA) is 108 Å². The van der Waals surface area contributed by atoms with Gasteiger partial charge in [0.25, 0.3) is 5.69 Å². The maximum Gasteiger partial charge on any atom is 0.270 e. The minimum Gasteiger partial charge on any atom is -0.361 e. The highest BCUT2D eigenvalue weighted by Gasteiger charge is 2.10. The summed E-state index contributed by atoms with van der Waals surface area (Å²) in [6.07, 6.45) is 4.38. The largest absolute Gasteiger partial charge is 0.361 e.